The highest BCUT2D eigenvalue weighted by Crippen LogP contribution is 2.20. The summed E-state index contributed by atoms with van der Waals surface area (Å²) in [5, 5.41) is 3.17. The van der Waals surface area contributed by atoms with E-state index in [-0.39, 0.29) is 5.97 Å². The third-order valence-corrected chi connectivity index (χ3v) is 2.81. The molecule has 0 spiro atoms. The van der Waals surface area contributed by atoms with Crippen molar-refractivity contribution >= 4 is 17.3 Å². The molecule has 118 valence electrons. The van der Waals surface area contributed by atoms with Crippen molar-refractivity contribution in [3.8, 4) is 0 Å². The van der Waals surface area contributed by atoms with Crippen LogP contribution in [0.4, 0.5) is 11.4 Å². The number of esters is 1. The summed E-state index contributed by atoms with van der Waals surface area (Å²) < 4.78 is 10.5. The van der Waals surface area contributed by atoms with Gasteiger partial charge < -0.3 is 25.4 Å². The second-order valence-electron chi connectivity index (χ2n) is 4.86. The van der Waals surface area contributed by atoms with E-state index in [0.29, 0.717) is 37.6 Å². The number of hydrogen-bond donors (Lipinski definition) is 2. The van der Waals surface area contributed by atoms with Crippen molar-refractivity contribution < 1.29 is 14.3 Å². The Morgan fingerprint density at radius 2 is 2.10 bits per heavy atom. The van der Waals surface area contributed by atoms with Crippen LogP contribution in [0.15, 0.2) is 18.2 Å². The minimum Gasteiger partial charge on any atom is -0.462 e. The van der Waals surface area contributed by atoms with Crippen molar-refractivity contribution in [2.45, 2.75) is 6.92 Å². The molecule has 0 aliphatic heterocycles. The molecule has 0 fully saturated rings. The maximum Gasteiger partial charge on any atom is 0.338 e. The molecule has 0 saturated carbocycles. The number of carbonyl (C=O) groups is 1. The quantitative estimate of drug-likeness (QED) is 0.408. The summed E-state index contributed by atoms with van der Waals surface area (Å²) >= 11 is 0. The van der Waals surface area contributed by atoms with Crippen molar-refractivity contribution in [3.63, 3.8) is 0 Å². The highest BCUT2D eigenvalue weighted by atomic mass is 16.5. The van der Waals surface area contributed by atoms with Gasteiger partial charge in [0.15, 0.2) is 0 Å². The lowest BCUT2D eigenvalue weighted by Gasteiger charge is -2.12. The van der Waals surface area contributed by atoms with Crippen molar-refractivity contribution in [2.75, 3.05) is 58.1 Å². The van der Waals surface area contributed by atoms with Crippen LogP contribution in [0.25, 0.3) is 0 Å². The van der Waals surface area contributed by atoms with Gasteiger partial charge in [0.1, 0.15) is 0 Å². The Morgan fingerprint density at radius 3 is 2.76 bits per heavy atom. The lowest BCUT2D eigenvalue weighted by molar-refractivity contribution is 0.0526. The fraction of sp³-hybridized carbons (Fsp3) is 0.533. The molecule has 1 aromatic rings. The maximum atomic E-state index is 11.7. The summed E-state index contributed by atoms with van der Waals surface area (Å²) in [7, 11) is 4.01. The Hall–Kier alpha value is -1.79. The van der Waals surface area contributed by atoms with E-state index < -0.39 is 0 Å². The topological polar surface area (TPSA) is 76.8 Å². The zero-order valence-electron chi connectivity index (χ0n) is 13.0. The molecule has 6 heteroatoms. The van der Waals surface area contributed by atoms with Gasteiger partial charge >= 0.3 is 5.97 Å². The van der Waals surface area contributed by atoms with E-state index >= 15 is 0 Å². The van der Waals surface area contributed by atoms with Gasteiger partial charge in [-0.1, -0.05) is 0 Å². The summed E-state index contributed by atoms with van der Waals surface area (Å²) in [4.78, 5) is 13.7. The van der Waals surface area contributed by atoms with Gasteiger partial charge in [-0.05, 0) is 39.2 Å². The van der Waals surface area contributed by atoms with Gasteiger partial charge in [-0.3, -0.25) is 0 Å². The first kappa shape index (κ1) is 17.3. The van der Waals surface area contributed by atoms with Crippen molar-refractivity contribution in [2.24, 2.45) is 0 Å². The normalized spacial score (nSPS) is 10.7. The number of carbonyl (C=O) groups excluding carboxylic acids is 1. The maximum absolute atomic E-state index is 11.7. The lowest BCUT2D eigenvalue weighted by atomic mass is 10.1. The van der Waals surface area contributed by atoms with E-state index in [2.05, 4.69) is 10.2 Å². The minimum absolute atomic E-state index is 0.345. The third kappa shape index (κ3) is 6.46. The molecule has 0 unspecified atom stereocenters. The molecule has 0 amide bonds. The van der Waals surface area contributed by atoms with Gasteiger partial charge in [-0.2, -0.15) is 0 Å². The number of nitrogen functional groups attached to an aromatic ring is 1. The minimum atomic E-state index is -0.345. The SMILES string of the molecule is CCOC(=O)c1ccc(N)c(NCCOCCN(C)C)c1. The summed E-state index contributed by atoms with van der Waals surface area (Å²) in [6.07, 6.45) is 0. The first-order chi connectivity index (χ1) is 10.0. The monoisotopic (exact) mass is 295 g/mol. The number of nitrogens with one attached hydrogen (secondary N) is 1. The largest absolute Gasteiger partial charge is 0.462 e. The third-order valence-electron chi connectivity index (χ3n) is 2.81. The van der Waals surface area contributed by atoms with E-state index in [4.69, 9.17) is 15.2 Å². The van der Waals surface area contributed by atoms with E-state index in [1.165, 1.54) is 0 Å². The molecular formula is C15H25N3O3. The van der Waals surface area contributed by atoms with Gasteiger partial charge in [0.2, 0.25) is 0 Å². The van der Waals surface area contributed by atoms with Crippen molar-refractivity contribution in [1.82, 2.24) is 4.90 Å². The molecule has 0 saturated heterocycles. The molecule has 1 rings (SSSR count). The summed E-state index contributed by atoms with van der Waals surface area (Å²) in [5.41, 5.74) is 7.68. The summed E-state index contributed by atoms with van der Waals surface area (Å²) in [6, 6.07) is 5.06. The average Bonchev–Trinajstić information content (AvgIpc) is 2.44. The van der Waals surface area contributed by atoms with E-state index in [1.807, 2.05) is 14.1 Å². The van der Waals surface area contributed by atoms with Gasteiger partial charge in [-0.25, -0.2) is 4.79 Å². The fourth-order valence-corrected chi connectivity index (χ4v) is 1.66. The van der Waals surface area contributed by atoms with Crippen LogP contribution >= 0.6 is 0 Å². The number of benzene rings is 1. The highest BCUT2D eigenvalue weighted by Gasteiger charge is 2.08. The highest BCUT2D eigenvalue weighted by molar-refractivity contribution is 5.92. The lowest BCUT2D eigenvalue weighted by Crippen LogP contribution is -2.20. The average molecular weight is 295 g/mol. The second kappa shape index (κ2) is 9.20. The summed E-state index contributed by atoms with van der Waals surface area (Å²) in [5.74, 6) is -0.345. The number of hydrogen-bond acceptors (Lipinski definition) is 6. The Labute approximate surface area is 126 Å². The second-order valence-corrected chi connectivity index (χ2v) is 4.86. The van der Waals surface area contributed by atoms with Crippen LogP contribution in [0.2, 0.25) is 0 Å². The molecule has 6 nitrogen and oxygen atoms in total. The standard InChI is InChI=1S/C15H25N3O3/c1-4-21-15(19)12-5-6-13(16)14(11-12)17-7-9-20-10-8-18(2)3/h5-6,11,17H,4,7-10,16H2,1-3H3. The Bertz CT molecular complexity index is 450. The molecule has 1 aromatic carbocycles. The molecule has 0 aliphatic carbocycles. The number of ether oxygens (including phenoxy) is 2. The van der Waals surface area contributed by atoms with E-state index in [9.17, 15) is 4.79 Å². The van der Waals surface area contributed by atoms with E-state index in [0.717, 1.165) is 12.2 Å². The summed E-state index contributed by atoms with van der Waals surface area (Å²) in [6.45, 7) is 4.92. The van der Waals surface area contributed by atoms with Gasteiger partial charge in [0, 0.05) is 13.1 Å². The van der Waals surface area contributed by atoms with Crippen LogP contribution in [0.3, 0.4) is 0 Å². The van der Waals surface area contributed by atoms with Crippen molar-refractivity contribution in [1.29, 1.82) is 0 Å². The number of nitrogens with zero attached hydrogens (tertiary/aromatic N) is 1. The van der Waals surface area contributed by atoms with E-state index in [1.54, 1.807) is 25.1 Å². The van der Waals surface area contributed by atoms with Gasteiger partial charge in [0.05, 0.1) is 36.8 Å². The van der Waals surface area contributed by atoms with Crippen LogP contribution in [0, 0.1) is 0 Å². The zero-order valence-corrected chi connectivity index (χ0v) is 13.0. The molecule has 0 aliphatic rings. The predicted octanol–water partition coefficient (Wildman–Crippen LogP) is 1.44. The molecular weight excluding hydrogens is 270 g/mol. The Balaban J connectivity index is 2.43. The molecule has 0 radical (unpaired) electrons. The molecule has 0 bridgehead atoms. The van der Waals surface area contributed by atoms with Crippen LogP contribution in [-0.2, 0) is 9.47 Å². The predicted molar refractivity (Wildman–Crippen MR) is 84.7 cm³/mol. The van der Waals surface area contributed by atoms with Gasteiger partial charge in [-0.15, -0.1) is 0 Å². The van der Waals surface area contributed by atoms with Crippen molar-refractivity contribution in [3.05, 3.63) is 23.8 Å². The first-order valence-electron chi connectivity index (χ1n) is 7.07. The Kier molecular flexibility index (Phi) is 7.56. The number of anilines is 2. The molecule has 0 atom stereocenters. The zero-order chi connectivity index (χ0) is 15.7. The fourth-order valence-electron chi connectivity index (χ4n) is 1.66. The molecule has 0 aromatic heterocycles. The smallest absolute Gasteiger partial charge is 0.338 e. The Morgan fingerprint density at radius 1 is 1.33 bits per heavy atom. The number of likely N-dealkylation sites (N-methyl/N-ethyl adjacent to an activating group) is 1. The van der Waals surface area contributed by atoms with Crippen LogP contribution in [0.1, 0.15) is 17.3 Å². The van der Waals surface area contributed by atoms with Crippen LogP contribution in [-0.4, -0.2) is 57.9 Å². The molecule has 0 heterocycles. The van der Waals surface area contributed by atoms with Crippen LogP contribution < -0.4 is 11.1 Å². The molecule has 21 heavy (non-hydrogen) atoms. The number of rotatable bonds is 9. The van der Waals surface area contributed by atoms with Gasteiger partial charge in [0.25, 0.3) is 0 Å². The molecule has 3 N–H and O–H groups in total. The first-order valence-corrected chi connectivity index (χ1v) is 7.07. The van der Waals surface area contributed by atoms with Crippen LogP contribution in [0.5, 0.6) is 0 Å². The number of nitrogens with two attached hydrogens (primary N) is 1.